The first-order chi connectivity index (χ1) is 10.4. The first kappa shape index (κ1) is 18.2. The molecule has 0 unspecified atom stereocenters. The van der Waals surface area contributed by atoms with Crippen LogP contribution in [0, 0.1) is 5.82 Å². The molecule has 5 nitrogen and oxygen atoms in total. The summed E-state index contributed by atoms with van der Waals surface area (Å²) in [5, 5.41) is 15.4. The molecule has 0 fully saturated rings. The van der Waals surface area contributed by atoms with Gasteiger partial charge in [-0.1, -0.05) is 26.0 Å². The minimum Gasteiger partial charge on any atom is -0.488 e. The maximum Gasteiger partial charge on any atom is 0.315 e. The predicted octanol–water partition coefficient (Wildman–Crippen LogP) is 2.44. The van der Waals surface area contributed by atoms with Crippen molar-refractivity contribution in [1.82, 2.24) is 10.6 Å². The smallest absolute Gasteiger partial charge is 0.315 e. The van der Waals surface area contributed by atoms with Crippen molar-refractivity contribution >= 4 is 6.03 Å². The largest absolute Gasteiger partial charge is 0.488 e. The first-order valence-electron chi connectivity index (χ1n) is 7.54. The zero-order valence-corrected chi connectivity index (χ0v) is 13.4. The van der Waals surface area contributed by atoms with Crippen LogP contribution in [0.15, 0.2) is 24.3 Å². The van der Waals surface area contributed by atoms with Gasteiger partial charge in [0.05, 0.1) is 11.6 Å². The number of hydrogen-bond donors (Lipinski definition) is 3. The van der Waals surface area contributed by atoms with Gasteiger partial charge in [0.2, 0.25) is 0 Å². The Bertz CT molecular complexity index is 478. The SMILES string of the molecule is CCC(O)(CC)CNC(=O)N[C@H](C)COc1ccccc1F. The summed E-state index contributed by atoms with van der Waals surface area (Å²) in [6, 6.07) is 5.43. The third-order valence-corrected chi connectivity index (χ3v) is 3.60. The lowest BCUT2D eigenvalue weighted by Gasteiger charge is -2.26. The summed E-state index contributed by atoms with van der Waals surface area (Å²) in [6.07, 6.45) is 1.13. The van der Waals surface area contributed by atoms with E-state index in [-0.39, 0.29) is 31.0 Å². The van der Waals surface area contributed by atoms with Crippen LogP contribution in [0.4, 0.5) is 9.18 Å². The average molecular weight is 312 g/mol. The fourth-order valence-electron chi connectivity index (χ4n) is 1.84. The molecule has 0 bridgehead atoms. The molecule has 1 rings (SSSR count). The number of para-hydroxylation sites is 1. The number of carbonyl (C=O) groups excluding carboxylic acids is 1. The second-order valence-corrected chi connectivity index (χ2v) is 5.40. The number of rotatable bonds is 8. The van der Waals surface area contributed by atoms with Crippen LogP contribution >= 0.6 is 0 Å². The van der Waals surface area contributed by atoms with Crippen LogP contribution in [0.2, 0.25) is 0 Å². The first-order valence-corrected chi connectivity index (χ1v) is 7.54. The van der Waals surface area contributed by atoms with Gasteiger partial charge < -0.3 is 20.5 Å². The van der Waals surface area contributed by atoms with E-state index in [2.05, 4.69) is 10.6 Å². The van der Waals surface area contributed by atoms with Crippen LogP contribution in [0.1, 0.15) is 33.6 Å². The lowest BCUT2D eigenvalue weighted by atomic mass is 9.98. The highest BCUT2D eigenvalue weighted by Crippen LogP contribution is 2.15. The van der Waals surface area contributed by atoms with E-state index in [1.807, 2.05) is 13.8 Å². The van der Waals surface area contributed by atoms with Crippen LogP contribution in [-0.2, 0) is 0 Å². The second kappa shape index (κ2) is 8.58. The third kappa shape index (κ3) is 5.89. The van der Waals surface area contributed by atoms with Gasteiger partial charge in [0.25, 0.3) is 0 Å². The molecule has 0 saturated carbocycles. The number of benzene rings is 1. The topological polar surface area (TPSA) is 70.6 Å². The van der Waals surface area contributed by atoms with E-state index in [1.165, 1.54) is 12.1 Å². The summed E-state index contributed by atoms with van der Waals surface area (Å²) in [6.45, 7) is 5.83. The van der Waals surface area contributed by atoms with Gasteiger partial charge in [-0.05, 0) is 31.9 Å². The number of aliphatic hydroxyl groups is 1. The molecule has 0 aromatic heterocycles. The maximum absolute atomic E-state index is 13.4. The number of amides is 2. The Hall–Kier alpha value is -1.82. The lowest BCUT2D eigenvalue weighted by molar-refractivity contribution is 0.0348. The number of ether oxygens (including phenoxy) is 1. The molecule has 1 atom stereocenters. The van der Waals surface area contributed by atoms with Crippen LogP contribution in [0.5, 0.6) is 5.75 Å². The molecule has 22 heavy (non-hydrogen) atoms. The van der Waals surface area contributed by atoms with Crippen LogP contribution < -0.4 is 15.4 Å². The van der Waals surface area contributed by atoms with Gasteiger partial charge in [0.1, 0.15) is 6.61 Å². The third-order valence-electron chi connectivity index (χ3n) is 3.60. The molecule has 0 radical (unpaired) electrons. The summed E-state index contributed by atoms with van der Waals surface area (Å²) in [5.41, 5.74) is -0.885. The van der Waals surface area contributed by atoms with Crippen molar-refractivity contribution in [3.63, 3.8) is 0 Å². The van der Waals surface area contributed by atoms with Crippen molar-refractivity contribution in [3.05, 3.63) is 30.1 Å². The molecule has 124 valence electrons. The standard InChI is InChI=1S/C16H25FN2O3/c1-4-16(21,5-2)11-18-15(20)19-12(3)10-22-14-9-7-6-8-13(14)17/h6-9,12,21H,4-5,10-11H2,1-3H3,(H2,18,19,20)/t12-/m1/s1. The molecule has 0 aliphatic rings. The van der Waals surface area contributed by atoms with Gasteiger partial charge in [0, 0.05) is 6.54 Å². The number of urea groups is 1. The normalized spacial score (nSPS) is 12.6. The van der Waals surface area contributed by atoms with Gasteiger partial charge >= 0.3 is 6.03 Å². The van der Waals surface area contributed by atoms with Crippen molar-refractivity contribution < 1.29 is 19.0 Å². The Labute approximate surface area is 130 Å². The monoisotopic (exact) mass is 312 g/mol. The van der Waals surface area contributed by atoms with E-state index in [4.69, 9.17) is 4.74 Å². The van der Waals surface area contributed by atoms with Crippen LogP contribution in [0.25, 0.3) is 0 Å². The van der Waals surface area contributed by atoms with E-state index >= 15 is 0 Å². The highest BCUT2D eigenvalue weighted by Gasteiger charge is 2.23. The van der Waals surface area contributed by atoms with E-state index < -0.39 is 11.4 Å². The Morgan fingerprint density at radius 2 is 2.00 bits per heavy atom. The van der Waals surface area contributed by atoms with E-state index in [0.717, 1.165) is 0 Å². The molecular weight excluding hydrogens is 287 g/mol. The van der Waals surface area contributed by atoms with Crippen molar-refractivity contribution in [2.45, 2.75) is 45.3 Å². The molecule has 0 spiro atoms. The minimum atomic E-state index is -0.885. The zero-order valence-electron chi connectivity index (χ0n) is 13.4. The molecule has 0 saturated heterocycles. The quantitative estimate of drug-likeness (QED) is 0.690. The highest BCUT2D eigenvalue weighted by molar-refractivity contribution is 5.74. The molecular formula is C16H25FN2O3. The molecule has 0 heterocycles. The summed E-state index contributed by atoms with van der Waals surface area (Å²) >= 11 is 0. The molecule has 0 aliphatic carbocycles. The van der Waals surface area contributed by atoms with E-state index in [0.29, 0.717) is 12.8 Å². The molecule has 0 aliphatic heterocycles. The van der Waals surface area contributed by atoms with Gasteiger partial charge in [-0.25, -0.2) is 9.18 Å². The summed E-state index contributed by atoms with van der Waals surface area (Å²) < 4.78 is 18.7. The molecule has 3 N–H and O–H groups in total. The zero-order chi connectivity index (χ0) is 16.6. The molecule has 1 aromatic carbocycles. The lowest BCUT2D eigenvalue weighted by Crippen LogP contribution is -2.48. The summed E-state index contributed by atoms with van der Waals surface area (Å²) in [5.74, 6) is -0.280. The van der Waals surface area contributed by atoms with Gasteiger partial charge in [0.15, 0.2) is 11.6 Å². The molecule has 2 amide bonds. The van der Waals surface area contributed by atoms with Crippen molar-refractivity contribution in [1.29, 1.82) is 0 Å². The average Bonchev–Trinajstić information content (AvgIpc) is 2.52. The Balaban J connectivity index is 2.34. The fraction of sp³-hybridized carbons (Fsp3) is 0.562. The van der Waals surface area contributed by atoms with Crippen LogP contribution in [0.3, 0.4) is 0 Å². The maximum atomic E-state index is 13.4. The fourth-order valence-corrected chi connectivity index (χ4v) is 1.84. The van der Waals surface area contributed by atoms with Gasteiger partial charge in [-0.15, -0.1) is 0 Å². The van der Waals surface area contributed by atoms with Crippen molar-refractivity contribution in [2.75, 3.05) is 13.2 Å². The van der Waals surface area contributed by atoms with Crippen molar-refractivity contribution in [3.8, 4) is 5.75 Å². The van der Waals surface area contributed by atoms with Gasteiger partial charge in [-0.2, -0.15) is 0 Å². The predicted molar refractivity (Wildman–Crippen MR) is 83.4 cm³/mol. The van der Waals surface area contributed by atoms with E-state index in [9.17, 15) is 14.3 Å². The minimum absolute atomic E-state index is 0.153. The number of halogens is 1. The van der Waals surface area contributed by atoms with Gasteiger partial charge in [-0.3, -0.25) is 0 Å². The number of hydrogen-bond acceptors (Lipinski definition) is 3. The number of carbonyl (C=O) groups is 1. The van der Waals surface area contributed by atoms with E-state index in [1.54, 1.807) is 19.1 Å². The number of nitrogens with one attached hydrogen (secondary N) is 2. The van der Waals surface area contributed by atoms with Crippen molar-refractivity contribution in [2.24, 2.45) is 0 Å². The summed E-state index contributed by atoms with van der Waals surface area (Å²) in [4.78, 5) is 11.7. The Morgan fingerprint density at radius 1 is 1.36 bits per heavy atom. The second-order valence-electron chi connectivity index (χ2n) is 5.40. The Morgan fingerprint density at radius 3 is 2.59 bits per heavy atom. The molecule has 6 heteroatoms. The van der Waals surface area contributed by atoms with Crippen LogP contribution in [-0.4, -0.2) is 35.9 Å². The molecule has 1 aromatic rings. The highest BCUT2D eigenvalue weighted by atomic mass is 19.1. The Kier molecular flexibility index (Phi) is 7.11. The summed E-state index contributed by atoms with van der Waals surface area (Å²) in [7, 11) is 0.